The highest BCUT2D eigenvalue weighted by Crippen LogP contribution is 2.70. The van der Waals surface area contributed by atoms with Crippen molar-refractivity contribution in [1.82, 2.24) is 5.32 Å². The number of ketones is 2. The summed E-state index contributed by atoms with van der Waals surface area (Å²) in [4.78, 5) is 59.5. The molecule has 0 spiro atoms. The second-order valence-electron chi connectivity index (χ2n) is 16.8. The maximum Gasteiger partial charge on any atom is 0.481 e. The largest absolute Gasteiger partial charge is 0.481 e. The van der Waals surface area contributed by atoms with Crippen LogP contribution in [-0.2, 0) is 46.3 Å². The van der Waals surface area contributed by atoms with Crippen LogP contribution in [0.25, 0.3) is 0 Å². The zero-order chi connectivity index (χ0) is 39.4. The number of carbonyl (C=O) groups excluding carboxylic acids is 3. The van der Waals surface area contributed by atoms with Gasteiger partial charge < -0.3 is 34.4 Å². The maximum atomic E-state index is 14.4. The highest BCUT2D eigenvalue weighted by Gasteiger charge is 2.76. The summed E-state index contributed by atoms with van der Waals surface area (Å²) in [5.74, 6) is 0.239. The smallest absolute Gasteiger partial charge is 0.449 e. The molecule has 1 aliphatic heterocycles. The van der Waals surface area contributed by atoms with Crippen molar-refractivity contribution in [1.29, 1.82) is 0 Å². The van der Waals surface area contributed by atoms with Gasteiger partial charge in [-0.15, -0.1) is 0 Å². The fraction of sp³-hybridized carbons (Fsp3) is 0.763. The van der Waals surface area contributed by atoms with Crippen molar-refractivity contribution >= 4 is 33.3 Å². The third kappa shape index (κ3) is 7.80. The molecule has 7 aliphatic rings. The molecule has 6 aliphatic carbocycles. The molecule has 1 amide bonds. The number of fused-ring (bicyclic) bond motifs is 8. The predicted molar refractivity (Wildman–Crippen MR) is 196 cm³/mol. The van der Waals surface area contributed by atoms with Crippen molar-refractivity contribution in [2.24, 2.45) is 46.3 Å². The third-order valence-electron chi connectivity index (χ3n) is 13.8. The molecule has 5 fully saturated rings. The van der Waals surface area contributed by atoms with E-state index in [1.807, 2.05) is 26.8 Å². The number of phosphoric acid groups is 2. The Balaban J connectivity index is 0.945. The zero-order valence-electron chi connectivity index (χ0n) is 31.7. The maximum absolute atomic E-state index is 14.4. The van der Waals surface area contributed by atoms with E-state index in [4.69, 9.17) is 23.3 Å². The minimum Gasteiger partial charge on any atom is -0.449 e. The first-order valence-corrected chi connectivity index (χ1v) is 22.7. The van der Waals surface area contributed by atoms with E-state index < -0.39 is 75.7 Å². The minimum atomic E-state index is -5.36. The number of aliphatic hydroxyl groups is 1. The Kier molecular flexibility index (Phi) is 11.7. The van der Waals surface area contributed by atoms with E-state index in [2.05, 4.69) is 21.8 Å². The number of phosphoric ester groups is 2. The molecule has 0 aromatic carbocycles. The van der Waals surface area contributed by atoms with E-state index in [0.29, 0.717) is 49.9 Å². The molecular weight excluding hydrogens is 756 g/mol. The Morgan fingerprint density at radius 1 is 1.04 bits per heavy atom. The SMILES string of the molecule is CCCC1O[C@@H]2CC3[C@@H]4CCC5=CC(=O)C=C[C@]5(C)[C@H]4[C@@H](O)C[C@]3(C)[C@]2(C(=O)COP(=O)(O)OP(=O)(O)OCCNC(=O)OCC2C3CC/C=C\CCC32)O1. The van der Waals surface area contributed by atoms with Gasteiger partial charge >= 0.3 is 21.7 Å². The summed E-state index contributed by atoms with van der Waals surface area (Å²) in [6.07, 6.45) is 13.8. The first-order valence-electron chi connectivity index (χ1n) is 19.7. The highest BCUT2D eigenvalue weighted by molar-refractivity contribution is 7.61. The standard InChI is InChI=1S/C38H55NO14P2/c1-4-9-33-51-32-19-29-27-13-12-23-18-24(40)14-15-36(23,2)34(27)30(41)20-37(29,3)38(32,52-33)31(42)22-50-55(46,47)53-54(44,45)49-17-16-39-35(43)48-21-28-25-10-7-5-6-8-11-26(25)28/h5-6,14-15,18,25-30,32-34,41H,4,7-13,16-17,19-22H2,1-3H3,(H,39,43)(H,44,45)(H,46,47)/b6-5-/t25?,26?,27-,28?,29?,30-,32+,33?,34+,36-,37-,38+/m0/s1. The van der Waals surface area contributed by atoms with Crippen LogP contribution in [0.4, 0.5) is 4.79 Å². The van der Waals surface area contributed by atoms with Crippen LogP contribution < -0.4 is 5.32 Å². The fourth-order valence-corrected chi connectivity index (χ4v) is 13.4. The van der Waals surface area contributed by atoms with Crippen molar-refractivity contribution in [3.8, 4) is 0 Å². The van der Waals surface area contributed by atoms with E-state index in [9.17, 15) is 38.4 Å². The Labute approximate surface area is 321 Å². The summed E-state index contributed by atoms with van der Waals surface area (Å²) < 4.78 is 58.1. The van der Waals surface area contributed by atoms with Gasteiger partial charge in [-0.1, -0.05) is 51.0 Å². The number of hydrogen-bond donors (Lipinski definition) is 4. The first kappa shape index (κ1) is 41.1. The average Bonchev–Trinajstić information content (AvgIpc) is 3.47. The molecule has 55 heavy (non-hydrogen) atoms. The topological polar surface area (TPSA) is 213 Å². The van der Waals surface area contributed by atoms with Gasteiger partial charge in [0.05, 0.1) is 25.4 Å². The molecule has 17 heteroatoms. The Bertz CT molecular complexity index is 1700. The Morgan fingerprint density at radius 2 is 1.75 bits per heavy atom. The molecule has 6 unspecified atom stereocenters. The number of nitrogens with one attached hydrogen (secondary N) is 1. The van der Waals surface area contributed by atoms with Gasteiger partial charge in [0.1, 0.15) is 6.61 Å². The van der Waals surface area contributed by atoms with Crippen LogP contribution in [0.5, 0.6) is 0 Å². The summed E-state index contributed by atoms with van der Waals surface area (Å²) >= 11 is 0. The van der Waals surface area contributed by atoms with E-state index >= 15 is 0 Å². The number of ether oxygens (including phenoxy) is 3. The summed E-state index contributed by atoms with van der Waals surface area (Å²) in [5, 5.41) is 14.3. The number of carbonyl (C=O) groups is 3. The molecule has 0 bridgehead atoms. The van der Waals surface area contributed by atoms with Gasteiger partial charge in [-0.2, -0.15) is 4.31 Å². The van der Waals surface area contributed by atoms with Crippen molar-refractivity contribution in [2.75, 3.05) is 26.4 Å². The van der Waals surface area contributed by atoms with Gasteiger partial charge in [0.2, 0.25) is 0 Å². The molecule has 15 nitrogen and oxygen atoms in total. The fourth-order valence-electron chi connectivity index (χ4n) is 11.4. The molecule has 1 saturated heterocycles. The lowest BCUT2D eigenvalue weighted by Gasteiger charge is -2.59. The zero-order valence-corrected chi connectivity index (χ0v) is 33.5. The molecule has 0 aromatic rings. The molecule has 4 N–H and O–H groups in total. The van der Waals surface area contributed by atoms with Crippen molar-refractivity contribution in [2.45, 2.75) is 109 Å². The van der Waals surface area contributed by atoms with Gasteiger partial charge in [-0.05, 0) is 99.5 Å². The van der Waals surface area contributed by atoms with Crippen LogP contribution in [0.15, 0.2) is 36.0 Å². The Morgan fingerprint density at radius 3 is 2.45 bits per heavy atom. The second kappa shape index (κ2) is 15.6. The van der Waals surface area contributed by atoms with Gasteiger partial charge in [-0.25, -0.2) is 13.9 Å². The quantitative estimate of drug-likeness (QED) is 0.0943. The van der Waals surface area contributed by atoms with Crippen LogP contribution in [0, 0.1) is 46.3 Å². The van der Waals surface area contributed by atoms with Crippen LogP contribution >= 0.6 is 15.6 Å². The molecule has 4 saturated carbocycles. The van der Waals surface area contributed by atoms with Crippen LogP contribution in [0.2, 0.25) is 0 Å². The average molecular weight is 812 g/mol. The lowest BCUT2D eigenvalue weighted by Crippen LogP contribution is -2.63. The van der Waals surface area contributed by atoms with Crippen molar-refractivity contribution in [3.63, 3.8) is 0 Å². The predicted octanol–water partition coefficient (Wildman–Crippen LogP) is 5.69. The number of aliphatic hydroxyl groups excluding tert-OH is 1. The molecule has 1 heterocycles. The molecule has 0 radical (unpaired) electrons. The van der Waals surface area contributed by atoms with E-state index in [1.165, 1.54) is 0 Å². The molecule has 306 valence electrons. The number of amides is 1. The highest BCUT2D eigenvalue weighted by atomic mass is 31.3. The van der Waals surface area contributed by atoms with Gasteiger partial charge in [0.15, 0.2) is 23.5 Å². The van der Waals surface area contributed by atoms with E-state index in [-0.39, 0.29) is 43.1 Å². The van der Waals surface area contributed by atoms with Gasteiger partial charge in [0.25, 0.3) is 0 Å². The second-order valence-corrected chi connectivity index (χ2v) is 19.9. The van der Waals surface area contributed by atoms with E-state index in [0.717, 1.165) is 31.3 Å². The van der Waals surface area contributed by atoms with Gasteiger partial charge in [0, 0.05) is 23.3 Å². The molecular formula is C38H55NO14P2. The first-order chi connectivity index (χ1) is 26.0. The number of Topliss-reactive ketones (excluding diaryl/α,β-unsaturated/α-hetero) is 1. The number of hydrogen-bond acceptors (Lipinski definition) is 12. The van der Waals surface area contributed by atoms with Gasteiger partial charge in [-0.3, -0.25) is 18.6 Å². The monoisotopic (exact) mass is 811 g/mol. The summed E-state index contributed by atoms with van der Waals surface area (Å²) in [6, 6.07) is 0. The molecule has 0 aromatic heterocycles. The van der Waals surface area contributed by atoms with Crippen molar-refractivity contribution in [3.05, 3.63) is 36.0 Å². The van der Waals surface area contributed by atoms with E-state index in [1.54, 1.807) is 12.2 Å². The minimum absolute atomic E-state index is 0.0442. The molecule has 13 atom stereocenters. The lowest BCUT2D eigenvalue weighted by atomic mass is 9.46. The summed E-state index contributed by atoms with van der Waals surface area (Å²) in [5.41, 5.74) is -2.16. The van der Waals surface area contributed by atoms with Crippen LogP contribution in [-0.4, -0.2) is 83.0 Å². The normalized spacial score (nSPS) is 42.8. The summed E-state index contributed by atoms with van der Waals surface area (Å²) in [6.45, 7) is 4.36. The van der Waals surface area contributed by atoms with Crippen LogP contribution in [0.1, 0.15) is 85.0 Å². The third-order valence-corrected chi connectivity index (χ3v) is 16.4. The number of alkyl carbamates (subject to hydrolysis) is 1. The summed E-state index contributed by atoms with van der Waals surface area (Å²) in [7, 11) is -10.6. The molecule has 7 rings (SSSR count). The van der Waals surface area contributed by atoms with Crippen LogP contribution in [0.3, 0.4) is 0 Å². The Hall–Kier alpha value is -2.03. The number of allylic oxidation sites excluding steroid dienone is 6. The number of rotatable bonds is 14. The lowest BCUT2D eigenvalue weighted by molar-refractivity contribution is -0.200. The van der Waals surface area contributed by atoms with Crippen molar-refractivity contribution < 1.29 is 66.0 Å².